The molecule has 0 saturated heterocycles. The van der Waals surface area contributed by atoms with Crippen LogP contribution >= 0.6 is 0 Å². The van der Waals surface area contributed by atoms with Crippen LogP contribution in [0.4, 0.5) is 0 Å². The molecule has 0 atom stereocenters. The second-order valence-corrected chi connectivity index (χ2v) is 4.58. The Morgan fingerprint density at radius 2 is 1.90 bits per heavy atom. The normalized spacial score (nSPS) is 11.1. The number of para-hydroxylation sites is 1. The quantitative estimate of drug-likeness (QED) is 0.498. The van der Waals surface area contributed by atoms with Gasteiger partial charge in [-0.3, -0.25) is 4.79 Å². The van der Waals surface area contributed by atoms with Gasteiger partial charge in [0, 0.05) is 25.7 Å². The van der Waals surface area contributed by atoms with Crippen LogP contribution in [0.5, 0.6) is 0 Å². The van der Waals surface area contributed by atoms with E-state index in [2.05, 4.69) is 0 Å². The molecule has 0 amide bonds. The first-order valence-electron chi connectivity index (χ1n) is 6.97. The zero-order valence-electron chi connectivity index (χ0n) is 12.2. The molecule has 0 aliphatic rings. The summed E-state index contributed by atoms with van der Waals surface area (Å²) in [5, 5.41) is 0.821. The van der Waals surface area contributed by atoms with Crippen LogP contribution < -0.4 is 0 Å². The average molecular weight is 292 g/mol. The van der Waals surface area contributed by atoms with E-state index in [0.29, 0.717) is 37.6 Å². The molecule has 0 spiro atoms. The van der Waals surface area contributed by atoms with Crippen molar-refractivity contribution in [3.8, 4) is 0 Å². The van der Waals surface area contributed by atoms with Crippen LogP contribution in [-0.4, -0.2) is 45.9 Å². The summed E-state index contributed by atoms with van der Waals surface area (Å²) in [6.07, 6.45) is 2.34. The number of hydrogen-bond donors (Lipinski definition) is 0. The topological polar surface area (TPSA) is 57.9 Å². The third-order valence-corrected chi connectivity index (χ3v) is 3.02. The predicted molar refractivity (Wildman–Crippen MR) is 78.7 cm³/mol. The van der Waals surface area contributed by atoms with Crippen LogP contribution in [0.15, 0.2) is 34.9 Å². The number of carbonyl (C=O) groups is 1. The summed E-state index contributed by atoms with van der Waals surface area (Å²) in [6, 6.07) is 7.45. The van der Waals surface area contributed by atoms with Crippen molar-refractivity contribution in [1.29, 1.82) is 0 Å². The molecule has 5 heteroatoms. The summed E-state index contributed by atoms with van der Waals surface area (Å²) in [6.45, 7) is 2.23. The van der Waals surface area contributed by atoms with E-state index in [9.17, 15) is 4.79 Å². The molecule has 1 heterocycles. The highest BCUT2D eigenvalue weighted by atomic mass is 16.5. The molecule has 21 heavy (non-hydrogen) atoms. The van der Waals surface area contributed by atoms with Crippen molar-refractivity contribution in [3.05, 3.63) is 36.1 Å². The average Bonchev–Trinajstić information content (AvgIpc) is 2.94. The molecule has 2 rings (SSSR count). The Hall–Kier alpha value is -1.69. The summed E-state index contributed by atoms with van der Waals surface area (Å²) in [4.78, 5) is 12.1. The highest BCUT2D eigenvalue weighted by Crippen LogP contribution is 2.20. The zero-order chi connectivity index (χ0) is 14.9. The lowest BCUT2D eigenvalue weighted by Gasteiger charge is -2.04. The third-order valence-electron chi connectivity index (χ3n) is 3.02. The molecule has 0 unspecified atom stereocenters. The number of fused-ring (bicyclic) bond motifs is 1. The number of carbonyl (C=O) groups excluding carboxylic acids is 1. The van der Waals surface area contributed by atoms with Crippen molar-refractivity contribution in [2.75, 3.05) is 40.1 Å². The SMILES string of the molecule is COCCCOCCOCC(=O)c1coc2ccccc12. The van der Waals surface area contributed by atoms with Crippen molar-refractivity contribution in [3.63, 3.8) is 0 Å². The van der Waals surface area contributed by atoms with Gasteiger partial charge in [-0.25, -0.2) is 0 Å². The maximum atomic E-state index is 12.1. The van der Waals surface area contributed by atoms with Crippen LogP contribution in [0.3, 0.4) is 0 Å². The minimum atomic E-state index is -0.0840. The van der Waals surface area contributed by atoms with Gasteiger partial charge in [0.05, 0.1) is 18.8 Å². The Labute approximate surface area is 123 Å². The smallest absolute Gasteiger partial charge is 0.192 e. The molecule has 1 aromatic carbocycles. The Morgan fingerprint density at radius 1 is 1.10 bits per heavy atom. The fourth-order valence-corrected chi connectivity index (χ4v) is 1.96. The maximum absolute atomic E-state index is 12.1. The van der Waals surface area contributed by atoms with Crippen LogP contribution in [0, 0.1) is 0 Å². The fraction of sp³-hybridized carbons (Fsp3) is 0.438. The van der Waals surface area contributed by atoms with E-state index < -0.39 is 0 Å². The van der Waals surface area contributed by atoms with E-state index in [-0.39, 0.29) is 12.4 Å². The Kier molecular flexibility index (Phi) is 6.40. The van der Waals surface area contributed by atoms with Crippen molar-refractivity contribution in [2.45, 2.75) is 6.42 Å². The first-order valence-corrected chi connectivity index (χ1v) is 6.97. The molecule has 0 saturated carbocycles. The molecule has 0 aliphatic carbocycles. The number of furan rings is 1. The van der Waals surface area contributed by atoms with E-state index in [1.807, 2.05) is 24.3 Å². The Balaban J connectivity index is 1.68. The van der Waals surface area contributed by atoms with Gasteiger partial charge in [-0.1, -0.05) is 18.2 Å². The minimum Gasteiger partial charge on any atom is -0.464 e. The standard InChI is InChI=1S/C16H20O5/c1-18-7-4-8-19-9-10-20-12-15(17)14-11-21-16-6-3-2-5-13(14)16/h2-3,5-6,11H,4,7-10,12H2,1H3. The molecule has 0 aliphatic heterocycles. The van der Waals surface area contributed by atoms with E-state index in [4.69, 9.17) is 18.6 Å². The third kappa shape index (κ3) is 4.67. The minimum absolute atomic E-state index is 0.0327. The van der Waals surface area contributed by atoms with Gasteiger partial charge < -0.3 is 18.6 Å². The van der Waals surface area contributed by atoms with Crippen molar-refractivity contribution in [2.24, 2.45) is 0 Å². The molecule has 0 N–H and O–H groups in total. The highest BCUT2D eigenvalue weighted by Gasteiger charge is 2.13. The first-order chi connectivity index (χ1) is 10.3. The molecule has 114 valence electrons. The van der Waals surface area contributed by atoms with Gasteiger partial charge in [-0.05, 0) is 12.5 Å². The van der Waals surface area contributed by atoms with Crippen LogP contribution in [-0.2, 0) is 14.2 Å². The molecular formula is C16H20O5. The number of rotatable bonds is 10. The lowest BCUT2D eigenvalue weighted by atomic mass is 10.1. The van der Waals surface area contributed by atoms with Crippen LogP contribution in [0.1, 0.15) is 16.8 Å². The Morgan fingerprint density at radius 3 is 2.76 bits per heavy atom. The van der Waals surface area contributed by atoms with Crippen LogP contribution in [0.2, 0.25) is 0 Å². The van der Waals surface area contributed by atoms with Crippen molar-refractivity contribution in [1.82, 2.24) is 0 Å². The Bertz CT molecular complexity index is 561. The largest absolute Gasteiger partial charge is 0.464 e. The predicted octanol–water partition coefficient (Wildman–Crippen LogP) is 2.69. The van der Waals surface area contributed by atoms with Crippen molar-refractivity contribution >= 4 is 16.8 Å². The summed E-state index contributed by atoms with van der Waals surface area (Å²) in [5.74, 6) is -0.0840. The van der Waals surface area contributed by atoms with E-state index in [0.717, 1.165) is 11.8 Å². The van der Waals surface area contributed by atoms with E-state index >= 15 is 0 Å². The molecule has 2 aromatic rings. The molecule has 0 fully saturated rings. The van der Waals surface area contributed by atoms with Gasteiger partial charge in [0.2, 0.25) is 0 Å². The summed E-state index contributed by atoms with van der Waals surface area (Å²) >= 11 is 0. The monoisotopic (exact) mass is 292 g/mol. The van der Waals surface area contributed by atoms with Gasteiger partial charge in [0.1, 0.15) is 18.5 Å². The molecule has 1 aromatic heterocycles. The van der Waals surface area contributed by atoms with Gasteiger partial charge in [0.25, 0.3) is 0 Å². The molecular weight excluding hydrogens is 272 g/mol. The number of hydrogen-bond acceptors (Lipinski definition) is 5. The van der Waals surface area contributed by atoms with Gasteiger partial charge in [-0.2, -0.15) is 0 Å². The first kappa shape index (κ1) is 15.7. The van der Waals surface area contributed by atoms with Crippen molar-refractivity contribution < 1.29 is 23.4 Å². The lowest BCUT2D eigenvalue weighted by molar-refractivity contribution is 0.0382. The number of Topliss-reactive ketones (excluding diaryl/α,β-unsaturated/α-hetero) is 1. The molecule has 0 radical (unpaired) electrons. The second kappa shape index (κ2) is 8.56. The highest BCUT2D eigenvalue weighted by molar-refractivity contribution is 6.07. The maximum Gasteiger partial charge on any atom is 0.192 e. The summed E-state index contributed by atoms with van der Waals surface area (Å²) in [7, 11) is 1.66. The number of ketones is 1. The van der Waals surface area contributed by atoms with Gasteiger partial charge in [0.15, 0.2) is 5.78 Å². The van der Waals surface area contributed by atoms with E-state index in [1.54, 1.807) is 7.11 Å². The summed E-state index contributed by atoms with van der Waals surface area (Å²) < 4.78 is 20.9. The number of methoxy groups -OCH3 is 1. The second-order valence-electron chi connectivity index (χ2n) is 4.58. The number of ether oxygens (including phenoxy) is 3. The van der Waals surface area contributed by atoms with Gasteiger partial charge >= 0.3 is 0 Å². The molecule has 0 bridgehead atoms. The zero-order valence-corrected chi connectivity index (χ0v) is 12.2. The molecule has 5 nitrogen and oxygen atoms in total. The fourth-order valence-electron chi connectivity index (χ4n) is 1.96. The lowest BCUT2D eigenvalue weighted by Crippen LogP contribution is -2.13. The van der Waals surface area contributed by atoms with E-state index in [1.165, 1.54) is 6.26 Å². The summed E-state index contributed by atoms with van der Waals surface area (Å²) in [5.41, 5.74) is 1.27. The number of benzene rings is 1. The van der Waals surface area contributed by atoms with Gasteiger partial charge in [-0.15, -0.1) is 0 Å². The van der Waals surface area contributed by atoms with Crippen LogP contribution in [0.25, 0.3) is 11.0 Å².